The van der Waals surface area contributed by atoms with Gasteiger partial charge in [0.2, 0.25) is 5.13 Å². The maximum atomic E-state index is 6.12. The van der Waals surface area contributed by atoms with Gasteiger partial charge in [-0.25, -0.2) is 9.99 Å². The molecular formula is C27H25BrClN3O2S. The molecule has 5 nitrogen and oxygen atoms in total. The number of thiazole rings is 1. The summed E-state index contributed by atoms with van der Waals surface area (Å²) in [4.78, 5) is 4.95. The summed E-state index contributed by atoms with van der Waals surface area (Å²) in [5.41, 5.74) is 6.39. The molecular weight excluding hydrogens is 546 g/mol. The number of halogens is 2. The van der Waals surface area contributed by atoms with Gasteiger partial charge in [0.25, 0.3) is 0 Å². The predicted molar refractivity (Wildman–Crippen MR) is 150 cm³/mol. The molecule has 0 fully saturated rings. The van der Waals surface area contributed by atoms with Crippen LogP contribution in [0.1, 0.15) is 29.2 Å². The molecule has 1 aliphatic heterocycles. The Morgan fingerprint density at radius 3 is 2.29 bits per heavy atom. The van der Waals surface area contributed by atoms with E-state index in [2.05, 4.69) is 42.6 Å². The molecule has 1 atom stereocenters. The van der Waals surface area contributed by atoms with E-state index < -0.39 is 0 Å². The van der Waals surface area contributed by atoms with Crippen LogP contribution in [0.5, 0.6) is 11.5 Å². The number of hydrogen-bond acceptors (Lipinski definition) is 6. The first-order chi connectivity index (χ1) is 16.6. The summed E-state index contributed by atoms with van der Waals surface area (Å²) in [5.74, 6) is 1.39. The Morgan fingerprint density at radius 2 is 1.60 bits per heavy atom. The molecule has 1 unspecified atom stereocenters. The Bertz CT molecular complexity index is 1340. The smallest absolute Gasteiger partial charge is 0.207 e. The van der Waals surface area contributed by atoms with Gasteiger partial charge in [-0.05, 0) is 42.3 Å². The van der Waals surface area contributed by atoms with E-state index in [0.29, 0.717) is 16.5 Å². The fourth-order valence-corrected chi connectivity index (χ4v) is 5.01. The zero-order valence-corrected chi connectivity index (χ0v) is 22.9. The van der Waals surface area contributed by atoms with Gasteiger partial charge < -0.3 is 9.47 Å². The molecule has 1 aliphatic rings. The Labute approximate surface area is 224 Å². The number of nitrogens with zero attached hydrogens (tertiary/aromatic N) is 3. The molecule has 1 aromatic heterocycles. The third-order valence-corrected chi connectivity index (χ3v) is 7.00. The summed E-state index contributed by atoms with van der Waals surface area (Å²) in [5, 5.41) is 10.7. The molecule has 0 bridgehead atoms. The summed E-state index contributed by atoms with van der Waals surface area (Å²) in [6, 6.07) is 22.2. The van der Waals surface area contributed by atoms with Crippen molar-refractivity contribution in [3.63, 3.8) is 0 Å². The van der Waals surface area contributed by atoms with Gasteiger partial charge in [-0.15, -0.1) is 28.3 Å². The van der Waals surface area contributed by atoms with Crippen molar-refractivity contribution in [3.05, 3.63) is 93.8 Å². The van der Waals surface area contributed by atoms with Gasteiger partial charge in [0.05, 0.1) is 31.7 Å². The van der Waals surface area contributed by atoms with Crippen LogP contribution < -0.4 is 14.5 Å². The summed E-state index contributed by atoms with van der Waals surface area (Å²) in [7, 11) is 3.29. The van der Waals surface area contributed by atoms with Crippen LogP contribution in [0.15, 0.2) is 77.2 Å². The molecule has 0 spiro atoms. The van der Waals surface area contributed by atoms with E-state index in [1.54, 1.807) is 25.6 Å². The largest absolute Gasteiger partial charge is 0.493 e. The van der Waals surface area contributed by atoms with Crippen LogP contribution >= 0.6 is 39.9 Å². The van der Waals surface area contributed by atoms with Crippen molar-refractivity contribution < 1.29 is 9.47 Å². The quantitative estimate of drug-likeness (QED) is 0.238. The first-order valence-electron chi connectivity index (χ1n) is 10.9. The van der Waals surface area contributed by atoms with Crippen molar-refractivity contribution in [1.82, 2.24) is 4.98 Å². The molecule has 8 heteroatoms. The van der Waals surface area contributed by atoms with Crippen molar-refractivity contribution >= 4 is 50.8 Å². The van der Waals surface area contributed by atoms with Crippen molar-refractivity contribution in [3.8, 4) is 22.8 Å². The van der Waals surface area contributed by atoms with Gasteiger partial charge in [-0.2, -0.15) is 5.10 Å². The molecule has 0 amide bonds. The second-order valence-electron chi connectivity index (χ2n) is 8.11. The molecule has 2 heterocycles. The summed E-state index contributed by atoms with van der Waals surface area (Å²) < 4.78 is 11.0. The standard InChI is InChI=1S/C27H24ClN3O2S.BrH/c1-17-4-6-19(7-5-17)23-16-34-27(29-23)31-24(20-10-13-25(32-2)26(14-20)33-3)15-22(30-31)18-8-11-21(28)12-9-18;/h4-14,16,24H,15H2,1-3H3;1H. The van der Waals surface area contributed by atoms with E-state index in [1.165, 1.54) is 5.56 Å². The van der Waals surface area contributed by atoms with Crippen LogP contribution in [-0.4, -0.2) is 24.9 Å². The van der Waals surface area contributed by atoms with Gasteiger partial charge in [0.15, 0.2) is 11.5 Å². The van der Waals surface area contributed by atoms with E-state index in [4.69, 9.17) is 31.2 Å². The number of hydrogen-bond donors (Lipinski definition) is 0. The van der Waals surface area contributed by atoms with Gasteiger partial charge in [0.1, 0.15) is 0 Å². The van der Waals surface area contributed by atoms with E-state index in [-0.39, 0.29) is 23.0 Å². The number of hydrazone groups is 1. The maximum absolute atomic E-state index is 6.12. The van der Waals surface area contributed by atoms with Gasteiger partial charge in [0, 0.05) is 22.4 Å². The lowest BCUT2D eigenvalue weighted by Gasteiger charge is -2.22. The third kappa shape index (κ3) is 5.22. The zero-order chi connectivity index (χ0) is 23.7. The number of anilines is 1. The number of ether oxygens (including phenoxy) is 2. The number of aromatic nitrogens is 1. The Balaban J connectivity index is 0.00000289. The van der Waals surface area contributed by atoms with Crippen LogP contribution in [0, 0.1) is 6.92 Å². The highest BCUT2D eigenvalue weighted by Gasteiger charge is 2.32. The summed E-state index contributed by atoms with van der Waals surface area (Å²) >= 11 is 7.71. The number of methoxy groups -OCH3 is 2. The second-order valence-corrected chi connectivity index (χ2v) is 9.39. The lowest BCUT2D eigenvalue weighted by molar-refractivity contribution is 0.354. The monoisotopic (exact) mass is 569 g/mol. The molecule has 35 heavy (non-hydrogen) atoms. The normalized spacial score (nSPS) is 14.9. The molecule has 180 valence electrons. The fourth-order valence-electron chi connectivity index (χ4n) is 4.05. The highest BCUT2D eigenvalue weighted by molar-refractivity contribution is 8.93. The van der Waals surface area contributed by atoms with Gasteiger partial charge in [-0.1, -0.05) is 59.6 Å². The van der Waals surface area contributed by atoms with E-state index >= 15 is 0 Å². The number of aryl methyl sites for hydroxylation is 1. The fraction of sp³-hybridized carbons (Fsp3) is 0.185. The topological polar surface area (TPSA) is 47.0 Å². The van der Waals surface area contributed by atoms with Crippen LogP contribution in [0.25, 0.3) is 11.3 Å². The van der Waals surface area contributed by atoms with E-state index in [0.717, 1.165) is 39.6 Å². The predicted octanol–water partition coefficient (Wildman–Crippen LogP) is 7.72. The first-order valence-corrected chi connectivity index (χ1v) is 12.2. The lowest BCUT2D eigenvalue weighted by atomic mass is 9.98. The molecule has 0 N–H and O–H groups in total. The SMILES string of the molecule is Br.COc1ccc(C2CC(c3ccc(Cl)cc3)=NN2c2nc(-c3ccc(C)cc3)cs2)cc1OC. The summed E-state index contributed by atoms with van der Waals surface area (Å²) in [6.45, 7) is 2.08. The lowest BCUT2D eigenvalue weighted by Crippen LogP contribution is -2.18. The average molecular weight is 571 g/mol. The second kappa shape index (κ2) is 10.8. The van der Waals surface area contributed by atoms with Gasteiger partial charge in [-0.3, -0.25) is 0 Å². The maximum Gasteiger partial charge on any atom is 0.207 e. The number of rotatable bonds is 6. The Morgan fingerprint density at radius 1 is 0.914 bits per heavy atom. The Hall–Kier alpha value is -2.87. The van der Waals surface area contributed by atoms with E-state index in [9.17, 15) is 0 Å². The molecule has 5 rings (SSSR count). The van der Waals surface area contributed by atoms with Crippen molar-refractivity contribution in [2.75, 3.05) is 19.2 Å². The van der Waals surface area contributed by atoms with E-state index in [1.807, 2.05) is 41.4 Å². The minimum atomic E-state index is -0.0255. The molecule has 0 radical (unpaired) electrons. The van der Waals surface area contributed by atoms with Crippen molar-refractivity contribution in [2.45, 2.75) is 19.4 Å². The first kappa shape index (κ1) is 25.2. The highest BCUT2D eigenvalue weighted by Crippen LogP contribution is 2.41. The molecule has 0 saturated heterocycles. The van der Waals surface area contributed by atoms with Crippen LogP contribution in [-0.2, 0) is 0 Å². The molecule has 3 aromatic carbocycles. The van der Waals surface area contributed by atoms with Crippen LogP contribution in [0.2, 0.25) is 5.02 Å². The highest BCUT2D eigenvalue weighted by atomic mass is 79.9. The molecule has 0 aliphatic carbocycles. The Kier molecular flexibility index (Phi) is 7.79. The van der Waals surface area contributed by atoms with Crippen molar-refractivity contribution in [2.24, 2.45) is 5.10 Å². The zero-order valence-electron chi connectivity index (χ0n) is 19.6. The number of benzene rings is 3. The average Bonchev–Trinajstić information content (AvgIpc) is 3.52. The van der Waals surface area contributed by atoms with Crippen LogP contribution in [0.4, 0.5) is 5.13 Å². The minimum absolute atomic E-state index is 0. The third-order valence-electron chi connectivity index (χ3n) is 5.92. The molecule has 4 aromatic rings. The van der Waals surface area contributed by atoms with Crippen molar-refractivity contribution in [1.29, 1.82) is 0 Å². The van der Waals surface area contributed by atoms with Gasteiger partial charge >= 0.3 is 0 Å². The molecule has 0 saturated carbocycles. The summed E-state index contributed by atoms with van der Waals surface area (Å²) in [6.07, 6.45) is 0.733. The van der Waals surface area contributed by atoms with Crippen LogP contribution in [0.3, 0.4) is 0 Å². The minimum Gasteiger partial charge on any atom is -0.493 e.